The molecule has 0 spiro atoms. The van der Waals surface area contributed by atoms with E-state index >= 15 is 0 Å². The van der Waals surface area contributed by atoms with Gasteiger partial charge in [0.2, 0.25) is 0 Å². The first-order valence-electron chi connectivity index (χ1n) is 5.37. The first-order chi connectivity index (χ1) is 7.16. The van der Waals surface area contributed by atoms with Crippen molar-refractivity contribution in [1.82, 2.24) is 4.98 Å². The van der Waals surface area contributed by atoms with E-state index in [1.807, 2.05) is 19.1 Å². The molecule has 0 bridgehead atoms. The Balaban J connectivity index is 2.27. The molecule has 1 fully saturated rings. The van der Waals surface area contributed by atoms with Crippen LogP contribution in [0.25, 0.3) is 6.08 Å². The average Bonchev–Trinajstić information content (AvgIpc) is 2.99. The van der Waals surface area contributed by atoms with Gasteiger partial charge in [-0.15, -0.1) is 0 Å². The molecule has 0 radical (unpaired) electrons. The van der Waals surface area contributed by atoms with Crippen LogP contribution in [0.2, 0.25) is 0 Å². The van der Waals surface area contributed by atoms with Crippen LogP contribution in [0.1, 0.15) is 37.1 Å². The maximum atomic E-state index is 5.85. The van der Waals surface area contributed by atoms with Crippen molar-refractivity contribution in [2.45, 2.75) is 25.8 Å². The van der Waals surface area contributed by atoms with E-state index in [1.54, 1.807) is 0 Å². The lowest BCUT2D eigenvalue weighted by Gasteiger charge is -2.09. The molecule has 0 unspecified atom stereocenters. The van der Waals surface area contributed by atoms with Crippen LogP contribution in [-0.4, -0.2) is 4.98 Å². The van der Waals surface area contributed by atoms with Gasteiger partial charge in [-0.05, 0) is 43.4 Å². The van der Waals surface area contributed by atoms with Gasteiger partial charge in [0.25, 0.3) is 0 Å². The summed E-state index contributed by atoms with van der Waals surface area (Å²) in [6, 6.07) is 3.73. The van der Waals surface area contributed by atoms with Gasteiger partial charge in [0.05, 0.1) is 5.69 Å². The number of allylic oxidation sites excluding steroid dienone is 1. The molecular formula is C12H17N3. The molecular weight excluding hydrogens is 186 g/mol. The molecule has 80 valence electrons. The molecule has 0 aliphatic heterocycles. The zero-order chi connectivity index (χ0) is 10.8. The van der Waals surface area contributed by atoms with Gasteiger partial charge in [-0.1, -0.05) is 12.2 Å². The third-order valence-corrected chi connectivity index (χ3v) is 2.58. The van der Waals surface area contributed by atoms with E-state index in [1.165, 1.54) is 12.8 Å². The predicted octanol–water partition coefficient (Wildman–Crippen LogP) is 2.11. The fraction of sp³-hybridized carbons (Fsp3) is 0.417. The van der Waals surface area contributed by atoms with Crippen LogP contribution < -0.4 is 11.5 Å². The molecule has 1 saturated carbocycles. The number of hydrogen-bond donors (Lipinski definition) is 2. The van der Waals surface area contributed by atoms with Crippen molar-refractivity contribution in [3.63, 3.8) is 0 Å². The molecule has 2 rings (SSSR count). The molecule has 1 aromatic rings. The Kier molecular flexibility index (Phi) is 2.73. The number of pyridine rings is 1. The summed E-state index contributed by atoms with van der Waals surface area (Å²) in [5.74, 6) is 1.30. The summed E-state index contributed by atoms with van der Waals surface area (Å²) in [5, 5.41) is 0. The van der Waals surface area contributed by atoms with E-state index < -0.39 is 0 Å². The second-order valence-corrected chi connectivity index (χ2v) is 4.20. The molecule has 1 atom stereocenters. The molecule has 0 saturated heterocycles. The average molecular weight is 203 g/mol. The van der Waals surface area contributed by atoms with Crippen molar-refractivity contribution in [3.8, 4) is 0 Å². The molecule has 1 heterocycles. The van der Waals surface area contributed by atoms with Gasteiger partial charge in [0, 0.05) is 6.04 Å². The lowest BCUT2D eigenvalue weighted by Crippen LogP contribution is -2.10. The van der Waals surface area contributed by atoms with Crippen LogP contribution in [0.4, 0.5) is 5.82 Å². The van der Waals surface area contributed by atoms with Crippen LogP contribution in [0, 0.1) is 5.92 Å². The fourth-order valence-electron chi connectivity index (χ4n) is 1.54. The standard InChI is InChI=1S/C12H17N3/c1-8(13)12-10(5-4-9-2-3-9)6-7-11(14)15-12/h4-9H,2-3,13H2,1H3,(H2,14,15)/b5-4+/t8-/m1/s1. The number of nitrogen functional groups attached to an aromatic ring is 1. The lowest BCUT2D eigenvalue weighted by atomic mass is 10.1. The van der Waals surface area contributed by atoms with E-state index in [0.717, 1.165) is 17.2 Å². The van der Waals surface area contributed by atoms with Crippen LogP contribution in [-0.2, 0) is 0 Å². The summed E-state index contributed by atoms with van der Waals surface area (Å²) in [6.07, 6.45) is 6.97. The molecule has 0 amide bonds. The van der Waals surface area contributed by atoms with E-state index in [4.69, 9.17) is 11.5 Å². The number of rotatable bonds is 3. The van der Waals surface area contributed by atoms with E-state index in [-0.39, 0.29) is 6.04 Å². The number of hydrogen-bond acceptors (Lipinski definition) is 3. The highest BCUT2D eigenvalue weighted by molar-refractivity contribution is 5.55. The minimum absolute atomic E-state index is 0.0765. The number of aromatic nitrogens is 1. The minimum atomic E-state index is -0.0765. The Hall–Kier alpha value is -1.35. The summed E-state index contributed by atoms with van der Waals surface area (Å²) in [4.78, 5) is 4.27. The first kappa shape index (κ1) is 10.2. The van der Waals surface area contributed by atoms with Gasteiger partial charge < -0.3 is 11.5 Å². The second-order valence-electron chi connectivity index (χ2n) is 4.20. The molecule has 4 N–H and O–H groups in total. The van der Waals surface area contributed by atoms with Crippen molar-refractivity contribution >= 4 is 11.9 Å². The summed E-state index contributed by atoms with van der Waals surface area (Å²) in [7, 11) is 0. The third-order valence-electron chi connectivity index (χ3n) is 2.58. The van der Waals surface area contributed by atoms with Crippen LogP contribution in [0.15, 0.2) is 18.2 Å². The molecule has 1 aliphatic carbocycles. The van der Waals surface area contributed by atoms with Crippen LogP contribution in [0.5, 0.6) is 0 Å². The van der Waals surface area contributed by atoms with Crippen molar-refractivity contribution in [3.05, 3.63) is 29.5 Å². The van der Waals surface area contributed by atoms with Crippen molar-refractivity contribution in [1.29, 1.82) is 0 Å². The Bertz CT molecular complexity index is 378. The normalized spacial score (nSPS) is 18.3. The second kappa shape index (κ2) is 4.03. The summed E-state index contributed by atoms with van der Waals surface area (Å²) < 4.78 is 0. The lowest BCUT2D eigenvalue weighted by molar-refractivity contribution is 0.780. The van der Waals surface area contributed by atoms with Gasteiger partial charge in [-0.25, -0.2) is 4.98 Å². The maximum Gasteiger partial charge on any atom is 0.123 e. The Labute approximate surface area is 90.2 Å². The van der Waals surface area contributed by atoms with Gasteiger partial charge in [-0.2, -0.15) is 0 Å². The Morgan fingerprint density at radius 1 is 1.47 bits per heavy atom. The fourth-order valence-corrected chi connectivity index (χ4v) is 1.54. The highest BCUT2D eigenvalue weighted by atomic mass is 14.9. The summed E-state index contributed by atoms with van der Waals surface area (Å²) in [5.41, 5.74) is 13.5. The maximum absolute atomic E-state index is 5.85. The summed E-state index contributed by atoms with van der Waals surface area (Å²) >= 11 is 0. The van der Waals surface area contributed by atoms with Gasteiger partial charge >= 0.3 is 0 Å². The number of anilines is 1. The molecule has 1 aliphatic rings. The van der Waals surface area contributed by atoms with Gasteiger partial charge in [0.15, 0.2) is 0 Å². The van der Waals surface area contributed by atoms with Crippen molar-refractivity contribution < 1.29 is 0 Å². The predicted molar refractivity (Wildman–Crippen MR) is 63.0 cm³/mol. The van der Waals surface area contributed by atoms with E-state index in [9.17, 15) is 0 Å². The zero-order valence-electron chi connectivity index (χ0n) is 8.98. The van der Waals surface area contributed by atoms with Gasteiger partial charge in [0.1, 0.15) is 5.82 Å². The van der Waals surface area contributed by atoms with E-state index in [0.29, 0.717) is 5.82 Å². The SMILES string of the molecule is C[C@@H](N)c1nc(N)ccc1/C=C/C1CC1. The topological polar surface area (TPSA) is 64.9 Å². The molecule has 3 nitrogen and oxygen atoms in total. The largest absolute Gasteiger partial charge is 0.384 e. The quantitative estimate of drug-likeness (QED) is 0.790. The number of nitrogens with two attached hydrogens (primary N) is 2. The monoisotopic (exact) mass is 203 g/mol. The zero-order valence-corrected chi connectivity index (χ0v) is 8.98. The van der Waals surface area contributed by atoms with Crippen molar-refractivity contribution in [2.75, 3.05) is 5.73 Å². The van der Waals surface area contributed by atoms with Crippen LogP contribution >= 0.6 is 0 Å². The molecule has 1 aromatic heterocycles. The molecule has 3 heteroatoms. The van der Waals surface area contributed by atoms with E-state index in [2.05, 4.69) is 17.1 Å². The smallest absolute Gasteiger partial charge is 0.123 e. The summed E-state index contributed by atoms with van der Waals surface area (Å²) in [6.45, 7) is 1.93. The minimum Gasteiger partial charge on any atom is -0.384 e. The first-order valence-corrected chi connectivity index (χ1v) is 5.37. The van der Waals surface area contributed by atoms with Gasteiger partial charge in [-0.3, -0.25) is 0 Å². The Morgan fingerprint density at radius 3 is 2.80 bits per heavy atom. The van der Waals surface area contributed by atoms with Crippen LogP contribution in [0.3, 0.4) is 0 Å². The third kappa shape index (κ3) is 2.57. The highest BCUT2D eigenvalue weighted by Gasteiger charge is 2.17. The number of nitrogens with zero attached hydrogens (tertiary/aromatic N) is 1. The highest BCUT2D eigenvalue weighted by Crippen LogP contribution is 2.31. The molecule has 0 aromatic carbocycles. The molecule has 15 heavy (non-hydrogen) atoms. The van der Waals surface area contributed by atoms with Crippen molar-refractivity contribution in [2.24, 2.45) is 11.7 Å². The Morgan fingerprint density at radius 2 is 2.20 bits per heavy atom.